The number of halogens is 3. The summed E-state index contributed by atoms with van der Waals surface area (Å²) in [5, 5.41) is 0. The Balaban J connectivity index is 1.62. The summed E-state index contributed by atoms with van der Waals surface area (Å²) in [5.74, 6) is 0.728. The molecule has 3 aliphatic rings. The topological polar surface area (TPSA) is 17.1 Å². The third-order valence-corrected chi connectivity index (χ3v) is 6.79. The van der Waals surface area contributed by atoms with Crippen molar-refractivity contribution in [1.82, 2.24) is 0 Å². The van der Waals surface area contributed by atoms with Gasteiger partial charge in [-0.15, -0.1) is 0 Å². The third kappa shape index (κ3) is 3.39. The molecule has 0 radical (unpaired) electrons. The molecular formula is C23H25F3O. The molecule has 1 aromatic carbocycles. The van der Waals surface area contributed by atoms with Gasteiger partial charge in [0.05, 0.1) is 5.56 Å². The molecule has 0 saturated heterocycles. The number of hydrogen-bond acceptors (Lipinski definition) is 1. The zero-order valence-corrected chi connectivity index (χ0v) is 15.6. The van der Waals surface area contributed by atoms with Crippen LogP contribution in [-0.4, -0.2) is 5.78 Å². The average molecular weight is 374 g/mol. The van der Waals surface area contributed by atoms with Gasteiger partial charge in [0, 0.05) is 11.5 Å². The van der Waals surface area contributed by atoms with E-state index < -0.39 is 11.7 Å². The van der Waals surface area contributed by atoms with Crippen LogP contribution in [0.3, 0.4) is 0 Å². The summed E-state index contributed by atoms with van der Waals surface area (Å²) in [7, 11) is 0. The molecule has 4 heteroatoms. The molecule has 144 valence electrons. The molecular weight excluding hydrogens is 349 g/mol. The quantitative estimate of drug-likeness (QED) is 0.550. The van der Waals surface area contributed by atoms with E-state index in [9.17, 15) is 18.0 Å². The molecule has 1 nitrogen and oxygen atoms in total. The Hall–Kier alpha value is -1.84. The van der Waals surface area contributed by atoms with Crippen LogP contribution in [0.15, 0.2) is 42.5 Å². The summed E-state index contributed by atoms with van der Waals surface area (Å²) in [4.78, 5) is 13.3. The summed E-state index contributed by atoms with van der Waals surface area (Å²) in [5.41, 5.74) is 0.00460. The van der Waals surface area contributed by atoms with Crippen molar-refractivity contribution in [1.29, 1.82) is 0 Å². The van der Waals surface area contributed by atoms with Gasteiger partial charge in [0.15, 0.2) is 5.78 Å². The average Bonchev–Trinajstić information content (AvgIpc) is 3.35. The van der Waals surface area contributed by atoms with Crippen LogP contribution in [0.5, 0.6) is 0 Å². The van der Waals surface area contributed by atoms with E-state index in [1.165, 1.54) is 0 Å². The Morgan fingerprint density at radius 3 is 2.67 bits per heavy atom. The van der Waals surface area contributed by atoms with Gasteiger partial charge in [-0.2, -0.15) is 13.2 Å². The van der Waals surface area contributed by atoms with E-state index in [1.807, 2.05) is 0 Å². The molecule has 1 spiro atoms. The molecule has 4 rings (SSSR count). The largest absolute Gasteiger partial charge is 0.416 e. The van der Waals surface area contributed by atoms with Crippen molar-refractivity contribution in [3.8, 4) is 0 Å². The number of aryl methyl sites for hydroxylation is 1. The molecule has 4 atom stereocenters. The van der Waals surface area contributed by atoms with E-state index in [2.05, 4.69) is 24.3 Å². The maximum atomic E-state index is 13.3. The maximum Gasteiger partial charge on any atom is 0.416 e. The number of carbonyl (C=O) groups excluding carboxylic acids is 1. The highest BCUT2D eigenvalue weighted by Gasteiger charge is 2.62. The minimum atomic E-state index is -4.42. The second kappa shape index (κ2) is 6.65. The van der Waals surface area contributed by atoms with E-state index >= 15 is 0 Å². The van der Waals surface area contributed by atoms with Gasteiger partial charge in [0.2, 0.25) is 0 Å². The van der Waals surface area contributed by atoms with Crippen LogP contribution < -0.4 is 0 Å². The number of rotatable bonds is 3. The number of Topliss-reactive ketones (excluding diaryl/α,β-unsaturated/α-hetero) is 1. The van der Waals surface area contributed by atoms with Crippen molar-refractivity contribution in [2.45, 2.75) is 51.6 Å². The summed E-state index contributed by atoms with van der Waals surface area (Å²) in [6, 6.07) is 3.80. The molecule has 4 unspecified atom stereocenters. The maximum absolute atomic E-state index is 13.3. The molecule has 3 aliphatic carbocycles. The molecule has 0 bridgehead atoms. The van der Waals surface area contributed by atoms with Gasteiger partial charge in [-0.1, -0.05) is 37.1 Å². The second-order valence-corrected chi connectivity index (χ2v) is 8.50. The fourth-order valence-electron chi connectivity index (χ4n) is 5.46. The lowest BCUT2D eigenvalue weighted by Crippen LogP contribution is -2.31. The number of allylic oxidation sites excluding steroid dienone is 4. The smallest absolute Gasteiger partial charge is 0.294 e. The Morgan fingerprint density at radius 1 is 1.15 bits per heavy atom. The first-order valence-corrected chi connectivity index (χ1v) is 9.88. The van der Waals surface area contributed by atoms with Gasteiger partial charge in [-0.25, -0.2) is 0 Å². The molecule has 0 aromatic heterocycles. The Morgan fingerprint density at radius 2 is 1.96 bits per heavy atom. The number of benzene rings is 1. The Labute approximate surface area is 158 Å². The SMILES string of the molecule is Cc1cc(C(=O)C2CCCCC23CC3C2C=CC=CC2)cc(C(F)(F)F)c1. The fraction of sp³-hybridized carbons (Fsp3) is 0.522. The molecule has 0 heterocycles. The van der Waals surface area contributed by atoms with Crippen molar-refractivity contribution < 1.29 is 18.0 Å². The predicted octanol–water partition coefficient (Wildman–Crippen LogP) is 6.53. The minimum absolute atomic E-state index is 0.00232. The van der Waals surface area contributed by atoms with Crippen molar-refractivity contribution in [2.24, 2.45) is 23.2 Å². The van der Waals surface area contributed by atoms with Gasteiger partial charge in [0.1, 0.15) is 0 Å². The van der Waals surface area contributed by atoms with Crippen molar-refractivity contribution >= 4 is 5.78 Å². The van der Waals surface area contributed by atoms with Crippen LogP contribution in [-0.2, 0) is 6.18 Å². The second-order valence-electron chi connectivity index (χ2n) is 8.50. The lowest BCUT2D eigenvalue weighted by Gasteiger charge is -2.33. The molecule has 0 aliphatic heterocycles. The summed E-state index contributed by atoms with van der Waals surface area (Å²) >= 11 is 0. The van der Waals surface area contributed by atoms with Crippen molar-refractivity contribution in [2.75, 3.05) is 0 Å². The van der Waals surface area contributed by atoms with Crippen LogP contribution in [0.2, 0.25) is 0 Å². The van der Waals surface area contributed by atoms with E-state index in [0.717, 1.165) is 50.7 Å². The fourth-order valence-corrected chi connectivity index (χ4v) is 5.46. The highest BCUT2D eigenvalue weighted by molar-refractivity contribution is 5.99. The van der Waals surface area contributed by atoms with E-state index in [1.54, 1.807) is 13.0 Å². The van der Waals surface area contributed by atoms with Crippen LogP contribution >= 0.6 is 0 Å². The lowest BCUT2D eigenvalue weighted by atomic mass is 9.69. The molecule has 2 saturated carbocycles. The van der Waals surface area contributed by atoms with Crippen molar-refractivity contribution in [3.05, 3.63) is 59.2 Å². The van der Waals surface area contributed by atoms with Crippen LogP contribution in [0.4, 0.5) is 13.2 Å². The zero-order valence-electron chi connectivity index (χ0n) is 15.6. The normalized spacial score (nSPS) is 32.7. The van der Waals surface area contributed by atoms with E-state index in [-0.39, 0.29) is 22.7 Å². The van der Waals surface area contributed by atoms with Crippen LogP contribution in [0, 0.1) is 30.1 Å². The van der Waals surface area contributed by atoms with E-state index in [0.29, 0.717) is 17.4 Å². The number of ketones is 1. The first-order valence-electron chi connectivity index (χ1n) is 9.88. The van der Waals surface area contributed by atoms with Crippen molar-refractivity contribution in [3.63, 3.8) is 0 Å². The monoisotopic (exact) mass is 374 g/mol. The van der Waals surface area contributed by atoms with Gasteiger partial charge < -0.3 is 0 Å². The van der Waals surface area contributed by atoms with Gasteiger partial charge >= 0.3 is 6.18 Å². The van der Waals surface area contributed by atoms with Gasteiger partial charge in [-0.05, 0) is 73.6 Å². The first kappa shape index (κ1) is 18.5. The Bertz CT molecular complexity index is 804. The number of alkyl halides is 3. The molecule has 27 heavy (non-hydrogen) atoms. The van der Waals surface area contributed by atoms with Gasteiger partial charge in [0.25, 0.3) is 0 Å². The number of hydrogen-bond donors (Lipinski definition) is 0. The third-order valence-electron chi connectivity index (χ3n) is 6.79. The zero-order chi connectivity index (χ0) is 19.2. The molecule has 0 amide bonds. The van der Waals surface area contributed by atoms with Crippen LogP contribution in [0.1, 0.15) is 60.0 Å². The summed E-state index contributed by atoms with van der Waals surface area (Å²) < 4.78 is 39.6. The van der Waals surface area contributed by atoms with Gasteiger partial charge in [-0.3, -0.25) is 4.79 Å². The standard InChI is InChI=1S/C23H25F3O/c1-15-11-17(13-18(12-15)23(24,25)26)21(27)19-9-5-6-10-22(19)14-20(22)16-7-3-2-4-8-16/h2-4,7,11-13,16,19-20H,5-6,8-10,14H2,1H3. The predicted molar refractivity (Wildman–Crippen MR) is 99.4 cm³/mol. The first-order chi connectivity index (χ1) is 12.8. The summed E-state index contributed by atoms with van der Waals surface area (Å²) in [6.07, 6.45) is 10.1. The molecule has 1 aromatic rings. The Kier molecular flexibility index (Phi) is 4.56. The molecule has 2 fully saturated rings. The highest BCUT2D eigenvalue weighted by atomic mass is 19.4. The highest BCUT2D eigenvalue weighted by Crippen LogP contribution is 2.68. The number of carbonyl (C=O) groups is 1. The summed E-state index contributed by atoms with van der Waals surface area (Å²) in [6.45, 7) is 1.63. The molecule has 0 N–H and O–H groups in total. The minimum Gasteiger partial charge on any atom is -0.294 e. The lowest BCUT2D eigenvalue weighted by molar-refractivity contribution is -0.137. The van der Waals surface area contributed by atoms with Crippen LogP contribution in [0.25, 0.3) is 0 Å². The van der Waals surface area contributed by atoms with E-state index in [4.69, 9.17) is 0 Å².